The number of nitrogens with zero attached hydrogens (tertiary/aromatic N) is 3. The van der Waals surface area contributed by atoms with Crippen molar-refractivity contribution in [2.24, 2.45) is 0 Å². The molecule has 0 saturated carbocycles. The van der Waals surface area contributed by atoms with Gasteiger partial charge in [-0.3, -0.25) is 0 Å². The zero-order valence-electron chi connectivity index (χ0n) is 10.0. The smallest absolute Gasteiger partial charge is 0.335 e. The standard InChI is InChI=1S/C13H15N3O2/c17-13(18)10-4-5-12-11(8-10)14-9-16(12)15-6-2-1-3-7-15/h4-5,8-9H,1-3,6-7H2,(H,17,18). The van der Waals surface area contributed by atoms with Crippen LogP contribution in [0.2, 0.25) is 0 Å². The first-order valence-corrected chi connectivity index (χ1v) is 6.21. The Balaban J connectivity index is 2.01. The van der Waals surface area contributed by atoms with Crippen LogP contribution < -0.4 is 5.01 Å². The molecule has 0 bridgehead atoms. The summed E-state index contributed by atoms with van der Waals surface area (Å²) < 4.78 is 2.04. The van der Waals surface area contributed by atoms with Crippen molar-refractivity contribution in [2.75, 3.05) is 18.1 Å². The maximum absolute atomic E-state index is 10.9. The van der Waals surface area contributed by atoms with Crippen LogP contribution >= 0.6 is 0 Å². The predicted molar refractivity (Wildman–Crippen MR) is 68.5 cm³/mol. The molecule has 5 nitrogen and oxygen atoms in total. The number of imidazole rings is 1. The molecule has 2 aromatic rings. The van der Waals surface area contributed by atoms with E-state index in [0.717, 1.165) is 24.1 Å². The molecule has 1 fully saturated rings. The van der Waals surface area contributed by atoms with E-state index in [9.17, 15) is 4.79 Å². The third-order valence-electron chi connectivity index (χ3n) is 3.41. The Bertz CT molecular complexity index is 585. The molecule has 0 aliphatic carbocycles. The largest absolute Gasteiger partial charge is 0.478 e. The maximum atomic E-state index is 10.9. The van der Waals surface area contributed by atoms with Crippen molar-refractivity contribution in [1.82, 2.24) is 9.66 Å². The maximum Gasteiger partial charge on any atom is 0.335 e. The molecule has 1 aromatic heterocycles. The van der Waals surface area contributed by atoms with Crippen molar-refractivity contribution in [2.45, 2.75) is 19.3 Å². The number of carboxylic acid groups (broad SMARTS) is 1. The van der Waals surface area contributed by atoms with E-state index in [0.29, 0.717) is 0 Å². The summed E-state index contributed by atoms with van der Waals surface area (Å²) in [6.45, 7) is 2.07. The highest BCUT2D eigenvalue weighted by molar-refractivity contribution is 5.92. The van der Waals surface area contributed by atoms with Gasteiger partial charge in [0.1, 0.15) is 6.33 Å². The molecule has 0 amide bonds. The van der Waals surface area contributed by atoms with Gasteiger partial charge in [0.2, 0.25) is 0 Å². The average Bonchev–Trinajstić information content (AvgIpc) is 2.82. The Morgan fingerprint density at radius 3 is 2.72 bits per heavy atom. The van der Waals surface area contributed by atoms with Crippen LogP contribution in [0.15, 0.2) is 24.5 Å². The summed E-state index contributed by atoms with van der Waals surface area (Å²) >= 11 is 0. The van der Waals surface area contributed by atoms with E-state index in [1.165, 1.54) is 19.3 Å². The van der Waals surface area contributed by atoms with Gasteiger partial charge in [-0.15, -0.1) is 0 Å². The Hall–Kier alpha value is -2.04. The number of carbonyl (C=O) groups is 1. The summed E-state index contributed by atoms with van der Waals surface area (Å²) in [6, 6.07) is 5.09. The first kappa shape index (κ1) is 11.1. The van der Waals surface area contributed by atoms with E-state index >= 15 is 0 Å². The van der Waals surface area contributed by atoms with Crippen molar-refractivity contribution >= 4 is 17.0 Å². The minimum Gasteiger partial charge on any atom is -0.478 e. The molecule has 1 aliphatic rings. The third-order valence-corrected chi connectivity index (χ3v) is 3.41. The van der Waals surface area contributed by atoms with E-state index in [1.807, 2.05) is 10.7 Å². The van der Waals surface area contributed by atoms with Crippen molar-refractivity contribution in [3.05, 3.63) is 30.1 Å². The van der Waals surface area contributed by atoms with Gasteiger partial charge in [-0.05, 0) is 37.5 Å². The summed E-state index contributed by atoms with van der Waals surface area (Å²) in [7, 11) is 0. The van der Waals surface area contributed by atoms with Crippen LogP contribution in [0.1, 0.15) is 29.6 Å². The molecule has 3 rings (SSSR count). The number of hydrogen-bond acceptors (Lipinski definition) is 3. The number of piperidine rings is 1. The van der Waals surface area contributed by atoms with E-state index < -0.39 is 5.97 Å². The van der Waals surface area contributed by atoms with Crippen LogP contribution in [-0.2, 0) is 0 Å². The molecule has 1 N–H and O–H groups in total. The van der Waals surface area contributed by atoms with E-state index in [-0.39, 0.29) is 5.56 Å². The number of carboxylic acids is 1. The monoisotopic (exact) mass is 245 g/mol. The fourth-order valence-electron chi connectivity index (χ4n) is 2.45. The van der Waals surface area contributed by atoms with Gasteiger partial charge in [0.25, 0.3) is 0 Å². The molecule has 0 radical (unpaired) electrons. The SMILES string of the molecule is O=C(O)c1ccc2c(c1)ncn2N1CCCCC1. The van der Waals surface area contributed by atoms with Crippen molar-refractivity contribution in [3.8, 4) is 0 Å². The lowest BCUT2D eigenvalue weighted by Crippen LogP contribution is -2.38. The average molecular weight is 245 g/mol. The second kappa shape index (κ2) is 4.33. The molecule has 0 atom stereocenters. The first-order chi connectivity index (χ1) is 8.75. The zero-order chi connectivity index (χ0) is 12.5. The molecular weight excluding hydrogens is 230 g/mol. The number of aromatic carboxylic acids is 1. The number of rotatable bonds is 2. The molecule has 0 spiro atoms. The van der Waals surface area contributed by atoms with Gasteiger partial charge in [0.05, 0.1) is 16.6 Å². The Morgan fingerprint density at radius 2 is 2.00 bits per heavy atom. The molecule has 1 aromatic carbocycles. The van der Waals surface area contributed by atoms with Crippen LogP contribution in [0.25, 0.3) is 11.0 Å². The van der Waals surface area contributed by atoms with Crippen molar-refractivity contribution in [3.63, 3.8) is 0 Å². The van der Waals surface area contributed by atoms with Crippen molar-refractivity contribution < 1.29 is 9.90 Å². The van der Waals surface area contributed by atoms with E-state index in [4.69, 9.17) is 5.11 Å². The van der Waals surface area contributed by atoms with Gasteiger partial charge in [0, 0.05) is 13.1 Å². The molecule has 1 saturated heterocycles. The zero-order valence-corrected chi connectivity index (χ0v) is 10.0. The van der Waals surface area contributed by atoms with Gasteiger partial charge >= 0.3 is 5.97 Å². The van der Waals surface area contributed by atoms with Crippen molar-refractivity contribution in [1.29, 1.82) is 0 Å². The van der Waals surface area contributed by atoms with E-state index in [2.05, 4.69) is 9.99 Å². The fourth-order valence-corrected chi connectivity index (χ4v) is 2.45. The van der Waals surface area contributed by atoms with Gasteiger partial charge in [-0.2, -0.15) is 0 Å². The minimum absolute atomic E-state index is 0.284. The Kier molecular flexibility index (Phi) is 2.66. The van der Waals surface area contributed by atoms with Gasteiger partial charge in [-0.1, -0.05) is 0 Å². The lowest BCUT2D eigenvalue weighted by molar-refractivity contribution is 0.0697. The van der Waals surface area contributed by atoms with E-state index in [1.54, 1.807) is 18.5 Å². The molecular formula is C13H15N3O2. The second-order valence-corrected chi connectivity index (χ2v) is 4.61. The molecule has 18 heavy (non-hydrogen) atoms. The summed E-state index contributed by atoms with van der Waals surface area (Å²) in [6.07, 6.45) is 5.47. The topological polar surface area (TPSA) is 58.4 Å². The number of benzene rings is 1. The van der Waals surface area contributed by atoms with Gasteiger partial charge < -0.3 is 10.1 Å². The highest BCUT2D eigenvalue weighted by Gasteiger charge is 2.14. The lowest BCUT2D eigenvalue weighted by atomic mass is 10.2. The van der Waals surface area contributed by atoms with Crippen LogP contribution in [-0.4, -0.2) is 33.8 Å². The highest BCUT2D eigenvalue weighted by Crippen LogP contribution is 2.17. The molecule has 94 valence electrons. The Morgan fingerprint density at radius 1 is 1.22 bits per heavy atom. The summed E-state index contributed by atoms with van der Waals surface area (Å²) in [4.78, 5) is 15.2. The highest BCUT2D eigenvalue weighted by atomic mass is 16.4. The Labute approximate surface area is 105 Å². The summed E-state index contributed by atoms with van der Waals surface area (Å²) in [5.74, 6) is -0.913. The quantitative estimate of drug-likeness (QED) is 0.877. The normalized spacial score (nSPS) is 16.1. The number of aromatic nitrogens is 2. The van der Waals surface area contributed by atoms with Crippen LogP contribution in [0, 0.1) is 0 Å². The molecule has 0 unspecified atom stereocenters. The van der Waals surface area contributed by atoms with Crippen LogP contribution in [0.3, 0.4) is 0 Å². The molecule has 5 heteroatoms. The minimum atomic E-state index is -0.913. The lowest BCUT2D eigenvalue weighted by Gasteiger charge is -2.29. The fraction of sp³-hybridized carbons (Fsp3) is 0.385. The molecule has 2 heterocycles. The number of hydrogen-bond donors (Lipinski definition) is 1. The predicted octanol–water partition coefficient (Wildman–Crippen LogP) is 1.86. The summed E-state index contributed by atoms with van der Waals surface area (Å²) in [5, 5.41) is 11.2. The van der Waals surface area contributed by atoms with Crippen LogP contribution in [0.5, 0.6) is 0 Å². The van der Waals surface area contributed by atoms with Gasteiger partial charge in [0.15, 0.2) is 0 Å². The first-order valence-electron chi connectivity index (χ1n) is 6.21. The van der Waals surface area contributed by atoms with Gasteiger partial charge in [-0.25, -0.2) is 14.5 Å². The molecule has 1 aliphatic heterocycles. The second-order valence-electron chi connectivity index (χ2n) is 4.61. The number of fused-ring (bicyclic) bond motifs is 1. The summed E-state index contributed by atoms with van der Waals surface area (Å²) in [5.41, 5.74) is 1.99. The van der Waals surface area contributed by atoms with Crippen LogP contribution in [0.4, 0.5) is 0 Å². The third kappa shape index (κ3) is 1.81.